The first-order chi connectivity index (χ1) is 16.1. The third kappa shape index (κ3) is 4.29. The van der Waals surface area contributed by atoms with E-state index in [1.807, 2.05) is 91.1 Å². The van der Waals surface area contributed by atoms with Crippen molar-refractivity contribution in [3.63, 3.8) is 0 Å². The molecule has 0 aliphatic heterocycles. The number of hydrogen-bond donors (Lipinski definition) is 1. The van der Waals surface area contributed by atoms with E-state index in [2.05, 4.69) is 9.97 Å². The van der Waals surface area contributed by atoms with Crippen LogP contribution in [0.15, 0.2) is 91.1 Å². The van der Waals surface area contributed by atoms with Crippen molar-refractivity contribution in [2.45, 2.75) is 0 Å². The van der Waals surface area contributed by atoms with Gasteiger partial charge in [0.1, 0.15) is 11.4 Å². The molecule has 0 radical (unpaired) electrons. The molecule has 5 rings (SSSR count). The largest absolute Gasteiger partial charge is 0.497 e. The molecule has 2 heterocycles. The maximum atomic E-state index is 6.23. The molecular weight excluding hydrogens is 434 g/mol. The van der Waals surface area contributed by atoms with Gasteiger partial charge in [-0.2, -0.15) is 5.10 Å². The third-order valence-electron chi connectivity index (χ3n) is 5.24. The normalized spacial score (nSPS) is 10.8. The van der Waals surface area contributed by atoms with E-state index in [4.69, 9.17) is 27.2 Å². The number of aromatic nitrogens is 4. The second kappa shape index (κ2) is 8.76. The summed E-state index contributed by atoms with van der Waals surface area (Å²) in [7, 11) is 1.64. The molecule has 3 aromatic carbocycles. The van der Waals surface area contributed by atoms with Gasteiger partial charge in [-0.25, -0.2) is 14.6 Å². The van der Waals surface area contributed by atoms with Crippen LogP contribution in [0, 0.1) is 0 Å². The Balaban J connectivity index is 1.69. The topological polar surface area (TPSA) is 78.8 Å². The molecule has 0 fully saturated rings. The minimum atomic E-state index is 0.197. The fraction of sp³-hybridized carbons (Fsp3) is 0.0385. The molecule has 2 aromatic heterocycles. The SMILES string of the molecule is COc1ccc(-c2nn(-c3cccc(Cl)c3)cc2-c2cc(-c3ccccc3)nc(N)n2)cc1. The number of methoxy groups -OCH3 is 1. The number of nitrogen functional groups attached to an aromatic ring is 1. The van der Waals surface area contributed by atoms with Crippen molar-refractivity contribution >= 4 is 17.5 Å². The summed E-state index contributed by atoms with van der Waals surface area (Å²) < 4.78 is 7.10. The van der Waals surface area contributed by atoms with Gasteiger partial charge in [-0.15, -0.1) is 0 Å². The molecule has 33 heavy (non-hydrogen) atoms. The summed E-state index contributed by atoms with van der Waals surface area (Å²) >= 11 is 6.23. The molecule has 0 aliphatic carbocycles. The average Bonchev–Trinajstić information content (AvgIpc) is 3.30. The van der Waals surface area contributed by atoms with Crippen LogP contribution >= 0.6 is 11.6 Å². The third-order valence-corrected chi connectivity index (χ3v) is 5.47. The first-order valence-electron chi connectivity index (χ1n) is 10.3. The number of nitrogens with zero attached hydrogens (tertiary/aromatic N) is 4. The van der Waals surface area contributed by atoms with Crippen molar-refractivity contribution < 1.29 is 4.74 Å². The first-order valence-corrected chi connectivity index (χ1v) is 10.7. The Morgan fingerprint density at radius 2 is 1.58 bits per heavy atom. The van der Waals surface area contributed by atoms with Crippen LogP contribution in [0.3, 0.4) is 0 Å². The van der Waals surface area contributed by atoms with Crippen LogP contribution in [-0.2, 0) is 0 Å². The first kappa shape index (κ1) is 20.7. The highest BCUT2D eigenvalue weighted by atomic mass is 35.5. The zero-order valence-electron chi connectivity index (χ0n) is 17.8. The predicted octanol–water partition coefficient (Wildman–Crippen LogP) is 5.91. The molecule has 162 valence electrons. The highest BCUT2D eigenvalue weighted by Gasteiger charge is 2.17. The molecule has 0 bridgehead atoms. The molecule has 0 amide bonds. The van der Waals surface area contributed by atoms with Gasteiger partial charge >= 0.3 is 0 Å². The molecule has 0 aliphatic rings. The smallest absolute Gasteiger partial charge is 0.221 e. The molecule has 0 spiro atoms. The molecular formula is C26H20ClN5O. The monoisotopic (exact) mass is 453 g/mol. The lowest BCUT2D eigenvalue weighted by atomic mass is 10.0. The van der Waals surface area contributed by atoms with Crippen LogP contribution in [0.2, 0.25) is 5.02 Å². The Morgan fingerprint density at radius 1 is 0.818 bits per heavy atom. The summed E-state index contributed by atoms with van der Waals surface area (Å²) in [6.45, 7) is 0. The summed E-state index contributed by atoms with van der Waals surface area (Å²) in [5, 5.41) is 5.50. The van der Waals surface area contributed by atoms with Crippen molar-refractivity contribution in [1.82, 2.24) is 19.7 Å². The maximum absolute atomic E-state index is 6.23. The van der Waals surface area contributed by atoms with Gasteiger partial charge < -0.3 is 10.5 Å². The van der Waals surface area contributed by atoms with Gasteiger partial charge in [-0.3, -0.25) is 0 Å². The Labute approximate surface area is 196 Å². The van der Waals surface area contributed by atoms with E-state index in [1.165, 1.54) is 0 Å². The molecule has 2 N–H and O–H groups in total. The Hall–Kier alpha value is -4.16. The second-order valence-electron chi connectivity index (χ2n) is 7.41. The lowest BCUT2D eigenvalue weighted by molar-refractivity contribution is 0.415. The minimum Gasteiger partial charge on any atom is -0.497 e. The van der Waals surface area contributed by atoms with Crippen molar-refractivity contribution in [1.29, 1.82) is 0 Å². The Morgan fingerprint density at radius 3 is 2.30 bits per heavy atom. The predicted molar refractivity (Wildman–Crippen MR) is 131 cm³/mol. The molecule has 0 saturated carbocycles. The van der Waals surface area contributed by atoms with E-state index in [0.717, 1.165) is 39.5 Å². The number of benzene rings is 3. The van der Waals surface area contributed by atoms with Gasteiger partial charge in [0.2, 0.25) is 5.95 Å². The zero-order valence-corrected chi connectivity index (χ0v) is 18.6. The van der Waals surface area contributed by atoms with Gasteiger partial charge in [0.25, 0.3) is 0 Å². The van der Waals surface area contributed by atoms with E-state index < -0.39 is 0 Å². The minimum absolute atomic E-state index is 0.197. The lowest BCUT2D eigenvalue weighted by Crippen LogP contribution is -1.99. The number of halogens is 1. The van der Waals surface area contributed by atoms with Crippen LogP contribution < -0.4 is 10.5 Å². The summed E-state index contributed by atoms with van der Waals surface area (Å²) in [6.07, 6.45) is 1.93. The number of nitrogens with two attached hydrogens (primary N) is 1. The van der Waals surface area contributed by atoms with Gasteiger partial charge in [-0.1, -0.05) is 48.0 Å². The molecule has 0 saturated heterocycles. The van der Waals surface area contributed by atoms with Crippen molar-refractivity contribution in [2.75, 3.05) is 12.8 Å². The lowest BCUT2D eigenvalue weighted by Gasteiger charge is -2.07. The van der Waals surface area contributed by atoms with Gasteiger partial charge in [0, 0.05) is 27.9 Å². The van der Waals surface area contributed by atoms with Crippen LogP contribution in [0.5, 0.6) is 5.75 Å². The number of anilines is 1. The number of hydrogen-bond acceptors (Lipinski definition) is 5. The maximum Gasteiger partial charge on any atom is 0.221 e. The van der Waals surface area contributed by atoms with Gasteiger partial charge in [0.15, 0.2) is 0 Å². The Bertz CT molecular complexity index is 1410. The van der Waals surface area contributed by atoms with Crippen LogP contribution in [0.1, 0.15) is 0 Å². The van der Waals surface area contributed by atoms with Crippen molar-refractivity contribution in [2.24, 2.45) is 0 Å². The van der Waals surface area contributed by atoms with Crippen molar-refractivity contribution in [3.8, 4) is 45.2 Å². The van der Waals surface area contributed by atoms with Crippen LogP contribution in [-0.4, -0.2) is 26.9 Å². The zero-order chi connectivity index (χ0) is 22.8. The number of rotatable bonds is 5. The van der Waals surface area contributed by atoms with E-state index in [-0.39, 0.29) is 5.95 Å². The molecule has 0 unspecified atom stereocenters. The van der Waals surface area contributed by atoms with Gasteiger partial charge in [-0.05, 0) is 48.5 Å². The second-order valence-corrected chi connectivity index (χ2v) is 7.84. The Kier molecular flexibility index (Phi) is 5.50. The van der Waals surface area contributed by atoms with Crippen LogP contribution in [0.25, 0.3) is 39.5 Å². The molecule has 5 aromatic rings. The van der Waals surface area contributed by atoms with Crippen LogP contribution in [0.4, 0.5) is 5.95 Å². The van der Waals surface area contributed by atoms with E-state index in [9.17, 15) is 0 Å². The quantitative estimate of drug-likeness (QED) is 0.358. The molecule has 0 atom stereocenters. The van der Waals surface area contributed by atoms with E-state index in [0.29, 0.717) is 10.7 Å². The fourth-order valence-corrected chi connectivity index (χ4v) is 3.82. The summed E-state index contributed by atoms with van der Waals surface area (Å²) in [4.78, 5) is 8.97. The van der Waals surface area contributed by atoms with E-state index >= 15 is 0 Å². The highest BCUT2D eigenvalue weighted by Crippen LogP contribution is 2.34. The average molecular weight is 454 g/mol. The van der Waals surface area contributed by atoms with E-state index in [1.54, 1.807) is 11.8 Å². The van der Waals surface area contributed by atoms with Gasteiger partial charge in [0.05, 0.1) is 24.2 Å². The summed E-state index contributed by atoms with van der Waals surface area (Å²) in [5.41, 5.74) is 11.8. The number of ether oxygens (including phenoxy) is 1. The summed E-state index contributed by atoms with van der Waals surface area (Å²) in [6, 6.07) is 27.1. The molecule has 7 heteroatoms. The molecule has 6 nitrogen and oxygen atoms in total. The summed E-state index contributed by atoms with van der Waals surface area (Å²) in [5.74, 6) is 0.967. The van der Waals surface area contributed by atoms with Crippen molar-refractivity contribution in [3.05, 3.63) is 96.1 Å². The standard InChI is InChI=1S/C26H20ClN5O/c1-33-21-12-10-18(11-13-21)25-22(16-32(31-25)20-9-5-8-19(27)14-20)24-15-23(29-26(28)30-24)17-6-3-2-4-7-17/h2-16H,1H3,(H2,28,29,30). The fourth-order valence-electron chi connectivity index (χ4n) is 3.64. The highest BCUT2D eigenvalue weighted by molar-refractivity contribution is 6.30.